The minimum Gasteiger partial charge on any atom is -0.494 e. The van der Waals surface area contributed by atoms with Crippen LogP contribution < -0.4 is 19.1 Å². The fourth-order valence-electron chi connectivity index (χ4n) is 3.81. The van der Waals surface area contributed by atoms with Crippen molar-refractivity contribution in [2.45, 2.75) is 32.7 Å². The average Bonchev–Trinajstić information content (AvgIpc) is 3.08. The van der Waals surface area contributed by atoms with E-state index < -0.39 is 11.9 Å². The summed E-state index contributed by atoms with van der Waals surface area (Å²) < 4.78 is 16.0. The number of hydrogen-bond donors (Lipinski definition) is 0. The van der Waals surface area contributed by atoms with Gasteiger partial charge in [-0.05, 0) is 55.3 Å². The van der Waals surface area contributed by atoms with Crippen molar-refractivity contribution >= 4 is 23.4 Å². The van der Waals surface area contributed by atoms with Crippen molar-refractivity contribution in [2.24, 2.45) is 0 Å². The fourth-order valence-corrected chi connectivity index (χ4v) is 3.81. The molecule has 1 aliphatic rings. The van der Waals surface area contributed by atoms with Crippen molar-refractivity contribution in [1.29, 1.82) is 0 Å². The highest BCUT2D eigenvalue weighted by Gasteiger charge is 2.43. The third kappa shape index (κ3) is 4.85. The molecular weight excluding hydrogens is 412 g/mol. The van der Waals surface area contributed by atoms with Gasteiger partial charge in [-0.15, -0.1) is 0 Å². The lowest BCUT2D eigenvalue weighted by Gasteiger charge is -2.26. The maximum atomic E-state index is 13.1. The number of carbonyl (C=O) groups is 3. The Bertz CT molecular complexity index is 988. The topological polar surface area (TPSA) is 85.4 Å². The third-order valence-corrected chi connectivity index (χ3v) is 5.40. The number of amides is 3. The van der Waals surface area contributed by atoms with Crippen LogP contribution in [0.5, 0.6) is 17.2 Å². The van der Waals surface area contributed by atoms with E-state index in [1.165, 1.54) is 11.8 Å². The predicted octanol–water partition coefficient (Wildman–Crippen LogP) is 2.83. The second kappa shape index (κ2) is 10.2. The van der Waals surface area contributed by atoms with E-state index in [9.17, 15) is 14.4 Å². The van der Waals surface area contributed by atoms with E-state index in [4.69, 9.17) is 14.2 Å². The third-order valence-electron chi connectivity index (χ3n) is 5.40. The van der Waals surface area contributed by atoms with Crippen molar-refractivity contribution in [3.05, 3.63) is 48.0 Å². The molecule has 0 spiro atoms. The molecule has 32 heavy (non-hydrogen) atoms. The first-order valence-corrected chi connectivity index (χ1v) is 10.5. The van der Waals surface area contributed by atoms with Crippen molar-refractivity contribution in [3.63, 3.8) is 0 Å². The van der Waals surface area contributed by atoms with Crippen LogP contribution >= 0.6 is 0 Å². The normalized spacial score (nSPS) is 15.6. The summed E-state index contributed by atoms with van der Waals surface area (Å²) in [5.74, 6) is 0.871. The predicted molar refractivity (Wildman–Crippen MR) is 119 cm³/mol. The lowest BCUT2D eigenvalue weighted by Crippen LogP contribution is -2.45. The SMILES string of the molecule is CCOc1ccc(N2C(=O)CC(N(CCc3ccc(OC)c(OC)c3)C(C)=O)C2=O)cc1. The second-order valence-corrected chi connectivity index (χ2v) is 7.37. The molecule has 0 N–H and O–H groups in total. The van der Waals surface area contributed by atoms with Crippen LogP contribution in [0, 0.1) is 0 Å². The molecule has 1 atom stereocenters. The zero-order valence-corrected chi connectivity index (χ0v) is 18.8. The first kappa shape index (κ1) is 23.1. The first-order valence-electron chi connectivity index (χ1n) is 10.5. The molecule has 1 aliphatic heterocycles. The molecule has 8 heteroatoms. The Labute approximate surface area is 187 Å². The molecule has 0 saturated carbocycles. The van der Waals surface area contributed by atoms with Gasteiger partial charge in [-0.25, -0.2) is 4.90 Å². The number of imide groups is 1. The maximum absolute atomic E-state index is 13.1. The quantitative estimate of drug-likeness (QED) is 0.558. The number of methoxy groups -OCH3 is 2. The van der Waals surface area contributed by atoms with Gasteiger partial charge in [0.25, 0.3) is 5.91 Å². The molecule has 1 heterocycles. The Balaban J connectivity index is 1.75. The molecule has 3 amide bonds. The summed E-state index contributed by atoms with van der Waals surface area (Å²) in [6, 6.07) is 11.5. The second-order valence-electron chi connectivity index (χ2n) is 7.37. The minimum atomic E-state index is -0.827. The average molecular weight is 440 g/mol. The van der Waals surface area contributed by atoms with Crippen molar-refractivity contribution < 1.29 is 28.6 Å². The summed E-state index contributed by atoms with van der Waals surface area (Å²) in [4.78, 5) is 40.8. The van der Waals surface area contributed by atoms with E-state index in [1.54, 1.807) is 44.6 Å². The van der Waals surface area contributed by atoms with Gasteiger partial charge in [0, 0.05) is 13.5 Å². The Morgan fingerprint density at radius 2 is 1.75 bits per heavy atom. The van der Waals surface area contributed by atoms with Gasteiger partial charge >= 0.3 is 0 Å². The van der Waals surface area contributed by atoms with Gasteiger partial charge in [-0.2, -0.15) is 0 Å². The van der Waals surface area contributed by atoms with Crippen molar-refractivity contribution in [3.8, 4) is 17.2 Å². The summed E-state index contributed by atoms with van der Waals surface area (Å²) in [7, 11) is 3.12. The standard InChI is InChI=1S/C24H28N2O6/c1-5-32-19-9-7-18(8-10-19)26-23(28)15-20(24(26)29)25(16(2)27)13-12-17-6-11-21(30-3)22(14-17)31-4/h6-11,14,20H,5,12-13,15H2,1-4H3. The molecule has 3 rings (SSSR count). The Morgan fingerprint density at radius 3 is 2.34 bits per heavy atom. The molecule has 8 nitrogen and oxygen atoms in total. The molecule has 0 radical (unpaired) electrons. The van der Waals surface area contributed by atoms with Crippen molar-refractivity contribution in [2.75, 3.05) is 32.3 Å². The molecule has 0 aliphatic carbocycles. The van der Waals surface area contributed by atoms with E-state index in [1.807, 2.05) is 19.1 Å². The highest BCUT2D eigenvalue weighted by Crippen LogP contribution is 2.29. The number of ether oxygens (including phenoxy) is 3. The van der Waals surface area contributed by atoms with Gasteiger partial charge in [0.05, 0.1) is 32.9 Å². The Kier molecular flexibility index (Phi) is 7.35. The number of hydrogen-bond acceptors (Lipinski definition) is 6. The minimum absolute atomic E-state index is 0.0441. The van der Waals surface area contributed by atoms with Gasteiger partial charge in [0.15, 0.2) is 11.5 Å². The van der Waals surface area contributed by atoms with Crippen LogP contribution in [-0.4, -0.2) is 56.0 Å². The first-order chi connectivity index (χ1) is 15.4. The van der Waals surface area contributed by atoms with Crippen LogP contribution in [0.25, 0.3) is 0 Å². The Hall–Kier alpha value is -3.55. The molecule has 1 unspecified atom stereocenters. The van der Waals surface area contributed by atoms with Gasteiger partial charge in [0.1, 0.15) is 11.8 Å². The monoisotopic (exact) mass is 440 g/mol. The van der Waals surface area contributed by atoms with Gasteiger partial charge < -0.3 is 19.1 Å². The summed E-state index contributed by atoms with van der Waals surface area (Å²) in [5, 5.41) is 0. The van der Waals surface area contributed by atoms with Crippen LogP contribution in [0.3, 0.4) is 0 Å². The number of anilines is 1. The summed E-state index contributed by atoms with van der Waals surface area (Å²) in [6.07, 6.45) is 0.457. The van der Waals surface area contributed by atoms with Crippen LogP contribution in [0.15, 0.2) is 42.5 Å². The molecule has 0 aromatic heterocycles. The largest absolute Gasteiger partial charge is 0.494 e. The molecule has 2 aromatic rings. The van der Waals surface area contributed by atoms with E-state index in [2.05, 4.69) is 0 Å². The van der Waals surface area contributed by atoms with E-state index in [-0.39, 0.29) is 18.2 Å². The molecule has 1 fully saturated rings. The summed E-state index contributed by atoms with van der Waals surface area (Å²) >= 11 is 0. The van der Waals surface area contributed by atoms with Crippen LogP contribution in [0.1, 0.15) is 25.8 Å². The van der Waals surface area contributed by atoms with Gasteiger partial charge in [-0.1, -0.05) is 6.07 Å². The smallest absolute Gasteiger partial charge is 0.257 e. The zero-order valence-electron chi connectivity index (χ0n) is 18.8. The highest BCUT2D eigenvalue weighted by atomic mass is 16.5. The highest BCUT2D eigenvalue weighted by molar-refractivity contribution is 6.23. The van der Waals surface area contributed by atoms with E-state index in [0.29, 0.717) is 42.5 Å². The lowest BCUT2D eigenvalue weighted by atomic mass is 10.1. The number of rotatable bonds is 9. The zero-order chi connectivity index (χ0) is 23.3. The number of benzene rings is 2. The number of carbonyl (C=O) groups excluding carboxylic acids is 3. The van der Waals surface area contributed by atoms with Crippen LogP contribution in [0.4, 0.5) is 5.69 Å². The number of nitrogens with zero attached hydrogens (tertiary/aromatic N) is 2. The van der Waals surface area contributed by atoms with Crippen molar-refractivity contribution in [1.82, 2.24) is 4.90 Å². The van der Waals surface area contributed by atoms with E-state index in [0.717, 1.165) is 10.5 Å². The lowest BCUT2D eigenvalue weighted by molar-refractivity contribution is -0.136. The molecule has 0 bridgehead atoms. The molecule has 1 saturated heterocycles. The van der Waals surface area contributed by atoms with Crippen LogP contribution in [0.2, 0.25) is 0 Å². The molecule has 170 valence electrons. The Morgan fingerprint density at radius 1 is 1.06 bits per heavy atom. The fraction of sp³-hybridized carbons (Fsp3) is 0.375. The molecule has 2 aromatic carbocycles. The van der Waals surface area contributed by atoms with Gasteiger partial charge in [-0.3, -0.25) is 14.4 Å². The summed E-state index contributed by atoms with van der Waals surface area (Å²) in [5.41, 5.74) is 1.39. The maximum Gasteiger partial charge on any atom is 0.257 e. The van der Waals surface area contributed by atoms with Crippen LogP contribution in [-0.2, 0) is 20.8 Å². The summed E-state index contributed by atoms with van der Waals surface area (Å²) in [6.45, 7) is 4.11. The van der Waals surface area contributed by atoms with Gasteiger partial charge in [0.2, 0.25) is 11.8 Å². The van der Waals surface area contributed by atoms with E-state index >= 15 is 0 Å². The molecular formula is C24H28N2O6.